The lowest BCUT2D eigenvalue weighted by Gasteiger charge is -2.36. The van der Waals surface area contributed by atoms with Gasteiger partial charge in [-0.3, -0.25) is 9.80 Å². The van der Waals surface area contributed by atoms with Crippen LogP contribution in [0.5, 0.6) is 23.3 Å². The maximum absolute atomic E-state index is 14.0. The SMILES string of the molecule is CC(Oc1cc(B2OC(C)(C)C(C)(C)O2)cnc1N)c1c(Cl)ccc(F)c1Cl.COc1nc(N2CCN(C(C)C)CC2)ncc1-c1cnc(N)c(OC(C)c2c(Cl)ccc(F)c2Cl)c1.COc1nc(N2CCN(C(C)C)CC2)ncc1Br. The van der Waals surface area contributed by atoms with Crippen LogP contribution >= 0.6 is 62.3 Å². The van der Waals surface area contributed by atoms with E-state index in [1.807, 2.05) is 27.7 Å². The van der Waals surface area contributed by atoms with Crippen LogP contribution in [-0.4, -0.2) is 137 Å². The van der Waals surface area contributed by atoms with Gasteiger partial charge in [-0.25, -0.2) is 28.7 Å². The van der Waals surface area contributed by atoms with Crippen LogP contribution in [0.2, 0.25) is 20.1 Å². The van der Waals surface area contributed by atoms with Crippen molar-refractivity contribution in [1.82, 2.24) is 39.7 Å². The molecule has 82 heavy (non-hydrogen) atoms. The maximum Gasteiger partial charge on any atom is 0.496 e. The molecule has 0 spiro atoms. The zero-order valence-corrected chi connectivity index (χ0v) is 52.6. The van der Waals surface area contributed by atoms with Crippen LogP contribution in [-0.2, 0) is 9.31 Å². The number of aromatic nitrogens is 6. The molecule has 3 aliphatic rings. The molecule has 0 radical (unpaired) electrons. The molecule has 2 unspecified atom stereocenters. The number of halogens is 7. The second kappa shape index (κ2) is 27.6. The summed E-state index contributed by atoms with van der Waals surface area (Å²) in [5.74, 6) is 2.13. The predicted molar refractivity (Wildman–Crippen MR) is 326 cm³/mol. The second-order valence-electron chi connectivity index (χ2n) is 21.2. The molecule has 3 saturated heterocycles. The number of methoxy groups -OCH3 is 2. The first-order valence-corrected chi connectivity index (χ1v) is 29.0. The molecule has 3 fully saturated rings. The standard InChI is InChI=1S/C25H29Cl2FN6O2.C19H22BCl2FN2O3.C12H19BrN4O/c1-14(2)33-7-9-34(10-8-33)25-31-13-17(24(32-25)35-4)16-11-20(23(29)30-12-16)36-15(3)21-18(26)5-6-19(28)22(21)27;1-10(15-12(21)6-7-13(23)16(15)22)26-14-8-11(9-25-17(14)24)20-27-18(2,3)19(4,5)28-20;1-9(2)16-4-6-17(7-5-16)12-14-8-10(13)11(15-12)18-3/h5-6,11-15H,7-10H2,1-4H3,(H2,29,30);6-10H,1-5H3,(H2,24,25);8-9H,4-7H2,1-3H3. The Labute approximate surface area is 507 Å². The number of pyridine rings is 2. The van der Waals surface area contributed by atoms with E-state index < -0.39 is 42.2 Å². The molecule has 2 aromatic carbocycles. The van der Waals surface area contributed by atoms with Gasteiger partial charge in [-0.05, 0) is 122 Å². The Balaban J connectivity index is 0.000000187. The van der Waals surface area contributed by atoms with E-state index in [2.05, 4.69) is 93.1 Å². The quantitative estimate of drug-likeness (QED) is 0.0770. The number of ether oxygens (including phenoxy) is 4. The number of piperazine rings is 2. The van der Waals surface area contributed by atoms with Gasteiger partial charge in [0.1, 0.15) is 23.8 Å². The lowest BCUT2D eigenvalue weighted by atomic mass is 9.80. The molecule has 2 atom stereocenters. The van der Waals surface area contributed by atoms with Gasteiger partial charge >= 0.3 is 7.12 Å². The number of hydrogen-bond donors (Lipinski definition) is 2. The van der Waals surface area contributed by atoms with Crippen molar-refractivity contribution in [3.63, 3.8) is 0 Å². The average Bonchev–Trinajstić information content (AvgIpc) is 3.69. The molecule has 442 valence electrons. The monoisotopic (exact) mass is 1270 g/mol. The summed E-state index contributed by atoms with van der Waals surface area (Å²) in [7, 11) is 2.56. The number of benzene rings is 2. The summed E-state index contributed by atoms with van der Waals surface area (Å²) in [5, 5.41) is 0.398. The van der Waals surface area contributed by atoms with Gasteiger partial charge in [0.15, 0.2) is 23.1 Å². The van der Waals surface area contributed by atoms with Crippen LogP contribution in [0.15, 0.2) is 65.7 Å². The van der Waals surface area contributed by atoms with Crippen molar-refractivity contribution in [2.45, 2.75) is 105 Å². The topological polar surface area (TPSA) is 198 Å². The number of nitrogen functional groups attached to an aromatic ring is 2. The molecule has 9 rings (SSSR count). The van der Waals surface area contributed by atoms with Gasteiger partial charge in [-0.15, -0.1) is 0 Å². The largest absolute Gasteiger partial charge is 0.496 e. The minimum absolute atomic E-state index is 0.0892. The minimum Gasteiger partial charge on any atom is -0.482 e. The molecule has 18 nitrogen and oxygen atoms in total. The molecule has 6 aromatic rings. The Morgan fingerprint density at radius 3 is 1.48 bits per heavy atom. The van der Waals surface area contributed by atoms with Crippen LogP contribution in [0.3, 0.4) is 0 Å². The Morgan fingerprint density at radius 1 is 0.598 bits per heavy atom. The van der Waals surface area contributed by atoms with Gasteiger partial charge < -0.3 is 49.5 Å². The summed E-state index contributed by atoms with van der Waals surface area (Å²) in [6, 6.07) is 9.79. The predicted octanol–water partition coefficient (Wildman–Crippen LogP) is 11.6. The zero-order valence-electron chi connectivity index (χ0n) is 48.0. The fraction of sp³-hybridized carbons (Fsp3) is 0.464. The number of nitrogens with zero attached hydrogens (tertiary/aromatic N) is 10. The molecule has 0 amide bonds. The van der Waals surface area contributed by atoms with Crippen molar-refractivity contribution in [2.75, 3.05) is 87.8 Å². The highest BCUT2D eigenvalue weighted by Gasteiger charge is 2.52. The Morgan fingerprint density at radius 2 is 1.02 bits per heavy atom. The fourth-order valence-electron chi connectivity index (χ4n) is 9.08. The molecule has 0 bridgehead atoms. The Kier molecular flexibility index (Phi) is 21.6. The van der Waals surface area contributed by atoms with E-state index in [4.69, 9.17) is 86.1 Å². The highest BCUT2D eigenvalue weighted by Crippen LogP contribution is 2.41. The fourth-order valence-corrected chi connectivity index (χ4v) is 10.8. The first-order valence-electron chi connectivity index (χ1n) is 26.7. The third kappa shape index (κ3) is 15.1. The third-order valence-corrected chi connectivity index (χ3v) is 16.7. The minimum atomic E-state index is -0.690. The lowest BCUT2D eigenvalue weighted by molar-refractivity contribution is 0.00578. The van der Waals surface area contributed by atoms with Crippen molar-refractivity contribution < 1.29 is 37.0 Å². The number of anilines is 4. The first kappa shape index (κ1) is 64.3. The van der Waals surface area contributed by atoms with E-state index in [0.29, 0.717) is 68.3 Å². The van der Waals surface area contributed by atoms with E-state index in [0.717, 1.165) is 62.8 Å². The van der Waals surface area contributed by atoms with Crippen LogP contribution in [0.25, 0.3) is 11.1 Å². The molecular formula is C56H70BBrCl4F2N12O6. The van der Waals surface area contributed by atoms with Gasteiger partial charge in [0.2, 0.25) is 23.7 Å². The van der Waals surface area contributed by atoms with Gasteiger partial charge in [0.05, 0.1) is 51.7 Å². The van der Waals surface area contributed by atoms with E-state index in [-0.39, 0.29) is 32.5 Å². The number of nitrogens with two attached hydrogens (primary N) is 2. The summed E-state index contributed by atoms with van der Waals surface area (Å²) in [4.78, 5) is 35.7. The molecule has 4 N–H and O–H groups in total. The smallest absolute Gasteiger partial charge is 0.482 e. The van der Waals surface area contributed by atoms with Crippen molar-refractivity contribution in [2.24, 2.45) is 0 Å². The molecule has 3 aliphatic heterocycles. The van der Waals surface area contributed by atoms with Gasteiger partial charge in [-0.1, -0.05) is 46.4 Å². The lowest BCUT2D eigenvalue weighted by Crippen LogP contribution is -2.49. The summed E-state index contributed by atoms with van der Waals surface area (Å²) in [6.45, 7) is 27.7. The highest BCUT2D eigenvalue weighted by atomic mass is 79.9. The third-order valence-electron chi connectivity index (χ3n) is 14.7. The van der Waals surface area contributed by atoms with Gasteiger partial charge in [0.25, 0.3) is 0 Å². The van der Waals surface area contributed by atoms with E-state index in [9.17, 15) is 8.78 Å². The molecule has 4 aromatic heterocycles. The van der Waals surface area contributed by atoms with E-state index >= 15 is 0 Å². The average molecular weight is 1280 g/mol. The van der Waals surface area contributed by atoms with Crippen molar-refractivity contribution in [1.29, 1.82) is 0 Å². The van der Waals surface area contributed by atoms with Crippen molar-refractivity contribution in [3.8, 4) is 34.4 Å². The Bertz CT molecular complexity index is 3170. The Hall–Kier alpha value is -5.30. The molecule has 0 saturated carbocycles. The zero-order chi connectivity index (χ0) is 60.0. The number of hydrogen-bond acceptors (Lipinski definition) is 18. The number of rotatable bonds is 14. The first-order chi connectivity index (χ1) is 38.7. The highest BCUT2D eigenvalue weighted by molar-refractivity contribution is 9.10. The molecule has 0 aliphatic carbocycles. The summed E-state index contributed by atoms with van der Waals surface area (Å²) < 4.78 is 63.4. The van der Waals surface area contributed by atoms with Crippen LogP contribution in [0.1, 0.15) is 92.6 Å². The van der Waals surface area contributed by atoms with Crippen LogP contribution in [0.4, 0.5) is 32.3 Å². The second-order valence-corrected chi connectivity index (χ2v) is 23.7. The van der Waals surface area contributed by atoms with E-state index in [1.165, 1.54) is 24.3 Å². The van der Waals surface area contributed by atoms with Crippen LogP contribution < -0.4 is 45.7 Å². The molecule has 7 heterocycles. The van der Waals surface area contributed by atoms with Crippen molar-refractivity contribution >= 4 is 98.4 Å². The molecular weight excluding hydrogens is 1210 g/mol. The van der Waals surface area contributed by atoms with Crippen LogP contribution in [0, 0.1) is 11.6 Å². The van der Waals surface area contributed by atoms with Gasteiger partial charge in [0, 0.05) is 115 Å². The van der Waals surface area contributed by atoms with Gasteiger partial charge in [-0.2, -0.15) is 9.97 Å². The maximum atomic E-state index is 14.0. The molecule has 26 heteroatoms. The summed E-state index contributed by atoms with van der Waals surface area (Å²) in [5.41, 5.74) is 13.7. The van der Waals surface area contributed by atoms with Crippen molar-refractivity contribution in [3.05, 3.63) is 109 Å². The normalized spacial score (nSPS) is 17.0. The van der Waals surface area contributed by atoms with E-state index in [1.54, 1.807) is 65.0 Å². The summed E-state index contributed by atoms with van der Waals surface area (Å²) in [6.07, 6.45) is 5.28. The summed E-state index contributed by atoms with van der Waals surface area (Å²) >= 11 is 28.0.